The van der Waals surface area contributed by atoms with Gasteiger partial charge in [-0.15, -0.1) is 0 Å². The predicted octanol–water partition coefficient (Wildman–Crippen LogP) is 1.51. The topological polar surface area (TPSA) is 0 Å². The van der Waals surface area contributed by atoms with Crippen LogP contribution in [0, 0.1) is 6.92 Å². The molecule has 0 N–H and O–H groups in total. The summed E-state index contributed by atoms with van der Waals surface area (Å²) in [6.07, 6.45) is 12.4. The molecule has 13 heavy (non-hydrogen) atoms. The summed E-state index contributed by atoms with van der Waals surface area (Å²) < 4.78 is 0. The van der Waals surface area contributed by atoms with Crippen molar-refractivity contribution in [2.24, 2.45) is 0 Å². The van der Waals surface area contributed by atoms with Gasteiger partial charge in [-0.3, -0.25) is 4.70 Å². The second-order valence-corrected chi connectivity index (χ2v) is 3.33. The van der Waals surface area contributed by atoms with Gasteiger partial charge in [0.1, 0.15) is 0 Å². The monoisotopic (exact) mass is 214 g/mol. The van der Waals surface area contributed by atoms with Gasteiger partial charge in [0.25, 0.3) is 0 Å². The van der Waals surface area contributed by atoms with E-state index < -0.39 is 0 Å². The fraction of sp³-hybridized carbons (Fsp3) is 0.909. The Kier molecular flexibility index (Phi) is 29.6. The third kappa shape index (κ3) is 19.8. The standard InChI is InChI=1S/C11H23.FH.K/c1-3-5-7-9-11-10-8-6-4-2;;/h1,3-11H2,2H3;1H;/q-1;;+1. The van der Waals surface area contributed by atoms with Gasteiger partial charge in [-0.05, 0) is 0 Å². The smallest absolute Gasteiger partial charge is 0.343 e. The first-order valence-corrected chi connectivity index (χ1v) is 5.21. The minimum absolute atomic E-state index is 0. The van der Waals surface area contributed by atoms with Crippen LogP contribution in [0.2, 0.25) is 0 Å². The van der Waals surface area contributed by atoms with E-state index in [-0.39, 0.29) is 56.1 Å². The van der Waals surface area contributed by atoms with E-state index in [4.69, 9.17) is 0 Å². The zero-order valence-electron chi connectivity index (χ0n) is 9.48. The van der Waals surface area contributed by atoms with Gasteiger partial charge >= 0.3 is 51.4 Å². The van der Waals surface area contributed by atoms with Gasteiger partial charge in [0.15, 0.2) is 0 Å². The molecule has 0 aliphatic heterocycles. The Morgan fingerprint density at radius 1 is 0.769 bits per heavy atom. The zero-order chi connectivity index (χ0) is 8.36. The molecule has 0 nitrogen and oxygen atoms in total. The first kappa shape index (κ1) is 20.0. The fourth-order valence-corrected chi connectivity index (χ4v) is 1.31. The summed E-state index contributed by atoms with van der Waals surface area (Å²) in [7, 11) is 0. The maximum absolute atomic E-state index is 3.83. The SMILES string of the molecule is F.[CH2-]CCCCCCCCCC.[K+]. The maximum Gasteiger partial charge on any atom is 1.00 e. The molecular weight excluding hydrogens is 190 g/mol. The molecule has 0 aromatic rings. The van der Waals surface area contributed by atoms with Gasteiger partial charge in [0.2, 0.25) is 0 Å². The Labute approximate surface area is 126 Å². The summed E-state index contributed by atoms with van der Waals surface area (Å²) in [6.45, 7) is 6.10. The molecule has 0 aromatic carbocycles. The molecular formula is C11H24FK. The van der Waals surface area contributed by atoms with E-state index in [9.17, 15) is 0 Å². The Hall–Kier alpha value is 1.57. The summed E-state index contributed by atoms with van der Waals surface area (Å²) in [5.74, 6) is 0. The normalized spacial score (nSPS) is 8.77. The van der Waals surface area contributed by atoms with Crippen LogP contribution in [0.25, 0.3) is 0 Å². The van der Waals surface area contributed by atoms with E-state index in [0.29, 0.717) is 0 Å². The van der Waals surface area contributed by atoms with E-state index in [1.807, 2.05) is 0 Å². The van der Waals surface area contributed by atoms with Crippen molar-refractivity contribution in [3.8, 4) is 0 Å². The van der Waals surface area contributed by atoms with Gasteiger partial charge in [0, 0.05) is 0 Å². The molecule has 0 bridgehead atoms. The first-order valence-electron chi connectivity index (χ1n) is 5.21. The second-order valence-electron chi connectivity index (χ2n) is 3.33. The predicted molar refractivity (Wildman–Crippen MR) is 55.1 cm³/mol. The van der Waals surface area contributed by atoms with Crippen LogP contribution in [-0.4, -0.2) is 0 Å². The van der Waals surface area contributed by atoms with Crippen LogP contribution >= 0.6 is 0 Å². The van der Waals surface area contributed by atoms with E-state index in [0.717, 1.165) is 6.42 Å². The van der Waals surface area contributed by atoms with Crippen LogP contribution in [-0.2, 0) is 0 Å². The molecule has 0 aromatic heterocycles. The van der Waals surface area contributed by atoms with Crippen LogP contribution in [0.3, 0.4) is 0 Å². The van der Waals surface area contributed by atoms with Crippen molar-refractivity contribution in [1.29, 1.82) is 0 Å². The molecule has 0 aliphatic carbocycles. The van der Waals surface area contributed by atoms with Crippen molar-refractivity contribution in [1.82, 2.24) is 0 Å². The summed E-state index contributed by atoms with van der Waals surface area (Å²) in [6, 6.07) is 0. The Bertz CT molecular complexity index is 59.1. The Balaban J connectivity index is -0.000000500. The summed E-state index contributed by atoms with van der Waals surface area (Å²) in [4.78, 5) is 0. The molecule has 0 atom stereocenters. The minimum atomic E-state index is 0. The largest absolute Gasteiger partial charge is 1.00 e. The van der Waals surface area contributed by atoms with Gasteiger partial charge in [0.05, 0.1) is 0 Å². The zero-order valence-corrected chi connectivity index (χ0v) is 12.6. The Morgan fingerprint density at radius 2 is 1.15 bits per heavy atom. The molecule has 2 heteroatoms. The van der Waals surface area contributed by atoms with Crippen molar-refractivity contribution >= 4 is 0 Å². The van der Waals surface area contributed by atoms with Crippen LogP contribution in [0.1, 0.15) is 64.7 Å². The number of rotatable bonds is 8. The first-order chi connectivity index (χ1) is 5.41. The van der Waals surface area contributed by atoms with Crippen molar-refractivity contribution in [3.63, 3.8) is 0 Å². The molecule has 0 aliphatic rings. The summed E-state index contributed by atoms with van der Waals surface area (Å²) in [5, 5.41) is 0. The third-order valence-corrected chi connectivity index (χ3v) is 2.10. The average Bonchev–Trinajstić information content (AvgIpc) is 2.03. The molecule has 0 saturated heterocycles. The van der Waals surface area contributed by atoms with Gasteiger partial charge < -0.3 is 6.92 Å². The molecule has 0 spiro atoms. The third-order valence-electron chi connectivity index (χ3n) is 2.10. The van der Waals surface area contributed by atoms with E-state index in [1.54, 1.807) is 0 Å². The molecule has 0 fully saturated rings. The number of halogens is 1. The molecule has 0 heterocycles. The maximum atomic E-state index is 3.83. The van der Waals surface area contributed by atoms with Crippen molar-refractivity contribution in [2.45, 2.75) is 64.7 Å². The van der Waals surface area contributed by atoms with E-state index >= 15 is 0 Å². The number of unbranched alkanes of at least 4 members (excludes halogenated alkanes) is 8. The van der Waals surface area contributed by atoms with Crippen molar-refractivity contribution < 1.29 is 56.1 Å². The number of hydrogen-bond donors (Lipinski definition) is 0. The molecule has 0 unspecified atom stereocenters. The second kappa shape index (κ2) is 19.2. The van der Waals surface area contributed by atoms with Crippen molar-refractivity contribution in [2.75, 3.05) is 0 Å². The van der Waals surface area contributed by atoms with Crippen LogP contribution in [0.15, 0.2) is 0 Å². The Morgan fingerprint density at radius 3 is 1.54 bits per heavy atom. The van der Waals surface area contributed by atoms with Crippen LogP contribution < -0.4 is 51.4 Å². The fourth-order valence-electron chi connectivity index (χ4n) is 1.31. The molecule has 76 valence electrons. The molecule has 0 amide bonds. The van der Waals surface area contributed by atoms with Crippen LogP contribution in [0.4, 0.5) is 4.70 Å². The summed E-state index contributed by atoms with van der Waals surface area (Å²) >= 11 is 0. The van der Waals surface area contributed by atoms with Gasteiger partial charge in [-0.1, -0.05) is 58.3 Å². The van der Waals surface area contributed by atoms with E-state index in [2.05, 4.69) is 13.8 Å². The van der Waals surface area contributed by atoms with Gasteiger partial charge in [-0.2, -0.15) is 6.42 Å². The van der Waals surface area contributed by atoms with Crippen molar-refractivity contribution in [3.05, 3.63) is 6.92 Å². The molecule has 0 saturated carbocycles. The molecule has 0 rings (SSSR count). The number of hydrogen-bond acceptors (Lipinski definition) is 0. The molecule has 0 radical (unpaired) electrons. The summed E-state index contributed by atoms with van der Waals surface area (Å²) in [5.41, 5.74) is 0. The quantitative estimate of drug-likeness (QED) is 0.326. The van der Waals surface area contributed by atoms with E-state index in [1.165, 1.54) is 51.4 Å². The minimum Gasteiger partial charge on any atom is -0.343 e. The average molecular weight is 214 g/mol. The van der Waals surface area contributed by atoms with Crippen LogP contribution in [0.5, 0.6) is 0 Å². The van der Waals surface area contributed by atoms with Gasteiger partial charge in [-0.25, -0.2) is 0 Å².